The summed E-state index contributed by atoms with van der Waals surface area (Å²) in [4.78, 5) is 23.2. The molecule has 182 valence electrons. The molecular formula is C24H24N4O6S. The second-order valence-corrected chi connectivity index (χ2v) is 9.43. The molecule has 10 nitrogen and oxygen atoms in total. The second-order valence-electron chi connectivity index (χ2n) is 7.52. The molecule has 3 aromatic rings. The van der Waals surface area contributed by atoms with Gasteiger partial charge >= 0.3 is 0 Å². The van der Waals surface area contributed by atoms with Crippen LogP contribution in [0.5, 0.6) is 5.75 Å². The van der Waals surface area contributed by atoms with E-state index in [4.69, 9.17) is 4.74 Å². The zero-order chi connectivity index (χ0) is 25.4. The summed E-state index contributed by atoms with van der Waals surface area (Å²) < 4.78 is 33.4. The number of rotatable bonds is 10. The predicted molar refractivity (Wildman–Crippen MR) is 131 cm³/mol. The van der Waals surface area contributed by atoms with E-state index in [0.717, 1.165) is 10.5 Å². The Morgan fingerprint density at radius 3 is 2.49 bits per heavy atom. The van der Waals surface area contributed by atoms with Crippen molar-refractivity contribution in [3.05, 3.63) is 99.6 Å². The molecule has 0 aliphatic heterocycles. The van der Waals surface area contributed by atoms with Crippen molar-refractivity contribution < 1.29 is 22.9 Å². The quantitative estimate of drug-likeness (QED) is 0.260. The van der Waals surface area contributed by atoms with Gasteiger partial charge in [0.1, 0.15) is 10.6 Å². The minimum Gasteiger partial charge on any atom is -0.495 e. The number of amides is 1. The van der Waals surface area contributed by atoms with Crippen LogP contribution in [0.15, 0.2) is 82.8 Å². The minimum atomic E-state index is -4.15. The molecule has 0 unspecified atom stereocenters. The van der Waals surface area contributed by atoms with Gasteiger partial charge in [0.2, 0.25) is 10.0 Å². The number of nitro groups is 1. The molecule has 1 N–H and O–H groups in total. The summed E-state index contributed by atoms with van der Waals surface area (Å²) >= 11 is 0. The molecule has 0 aliphatic carbocycles. The third kappa shape index (κ3) is 6.49. The Labute approximate surface area is 203 Å². The van der Waals surface area contributed by atoms with Gasteiger partial charge in [0, 0.05) is 12.6 Å². The summed E-state index contributed by atoms with van der Waals surface area (Å²) in [5, 5.41) is 14.9. The van der Waals surface area contributed by atoms with Crippen molar-refractivity contribution in [3.8, 4) is 5.75 Å². The van der Waals surface area contributed by atoms with E-state index in [2.05, 4.69) is 10.5 Å². The van der Waals surface area contributed by atoms with Crippen molar-refractivity contribution in [2.45, 2.75) is 18.4 Å². The lowest BCUT2D eigenvalue weighted by molar-refractivity contribution is -0.385. The highest BCUT2D eigenvalue weighted by Crippen LogP contribution is 2.28. The average molecular weight is 497 g/mol. The van der Waals surface area contributed by atoms with Crippen LogP contribution in [0.1, 0.15) is 16.7 Å². The fraction of sp³-hybridized carbons (Fsp3) is 0.167. The van der Waals surface area contributed by atoms with Crippen LogP contribution in [0.2, 0.25) is 0 Å². The number of sulfonamides is 1. The molecule has 0 saturated heterocycles. The topological polar surface area (TPSA) is 131 Å². The van der Waals surface area contributed by atoms with Crippen LogP contribution in [-0.4, -0.2) is 43.4 Å². The number of hydrogen-bond acceptors (Lipinski definition) is 7. The van der Waals surface area contributed by atoms with Gasteiger partial charge in [-0.3, -0.25) is 14.9 Å². The van der Waals surface area contributed by atoms with Crippen molar-refractivity contribution in [1.82, 2.24) is 9.73 Å². The number of hydrazone groups is 1. The number of nitro benzene ring substituents is 1. The summed E-state index contributed by atoms with van der Waals surface area (Å²) in [5.74, 6) is -0.561. The Hall–Kier alpha value is -4.09. The van der Waals surface area contributed by atoms with E-state index in [1.54, 1.807) is 55.5 Å². The lowest BCUT2D eigenvalue weighted by atomic mass is 10.2. The molecule has 0 aliphatic rings. The maximum atomic E-state index is 13.6. The third-order valence-corrected chi connectivity index (χ3v) is 6.80. The van der Waals surface area contributed by atoms with Gasteiger partial charge in [0.25, 0.3) is 11.6 Å². The molecule has 0 spiro atoms. The molecular weight excluding hydrogens is 472 g/mol. The van der Waals surface area contributed by atoms with Gasteiger partial charge < -0.3 is 4.74 Å². The number of methoxy groups -OCH3 is 1. The van der Waals surface area contributed by atoms with Crippen molar-refractivity contribution >= 4 is 27.8 Å². The van der Waals surface area contributed by atoms with Crippen molar-refractivity contribution in [3.63, 3.8) is 0 Å². The van der Waals surface area contributed by atoms with Gasteiger partial charge in [-0.05, 0) is 36.2 Å². The number of benzene rings is 3. The second kappa shape index (κ2) is 11.4. The number of nitrogens with one attached hydrogen (secondary N) is 1. The highest BCUT2D eigenvalue weighted by molar-refractivity contribution is 7.89. The molecule has 35 heavy (non-hydrogen) atoms. The zero-order valence-corrected chi connectivity index (χ0v) is 19.9. The first-order valence-electron chi connectivity index (χ1n) is 10.5. The van der Waals surface area contributed by atoms with Gasteiger partial charge in [-0.25, -0.2) is 13.8 Å². The van der Waals surface area contributed by atoms with Gasteiger partial charge in [-0.15, -0.1) is 0 Å². The van der Waals surface area contributed by atoms with Crippen molar-refractivity contribution in [2.24, 2.45) is 5.10 Å². The number of carbonyl (C=O) groups is 1. The highest BCUT2D eigenvalue weighted by atomic mass is 32.2. The van der Waals surface area contributed by atoms with Crippen LogP contribution in [0.4, 0.5) is 5.69 Å². The third-order valence-electron chi connectivity index (χ3n) is 4.99. The Morgan fingerprint density at radius 2 is 1.80 bits per heavy atom. The van der Waals surface area contributed by atoms with E-state index in [1.807, 2.05) is 0 Å². The van der Waals surface area contributed by atoms with E-state index >= 15 is 0 Å². The fourth-order valence-corrected chi connectivity index (χ4v) is 4.89. The normalized spacial score (nSPS) is 11.5. The summed E-state index contributed by atoms with van der Waals surface area (Å²) in [5.41, 5.74) is 3.65. The molecule has 0 atom stereocenters. The summed E-state index contributed by atoms with van der Waals surface area (Å²) in [6.07, 6.45) is 1.13. The molecule has 0 heterocycles. The van der Waals surface area contributed by atoms with Crippen molar-refractivity contribution in [2.75, 3.05) is 13.7 Å². The van der Waals surface area contributed by atoms with Crippen LogP contribution in [0, 0.1) is 17.0 Å². The van der Waals surface area contributed by atoms with Crippen LogP contribution in [0.25, 0.3) is 0 Å². The first-order valence-corrected chi connectivity index (χ1v) is 11.9. The smallest absolute Gasteiger partial charge is 0.278 e. The Balaban J connectivity index is 1.86. The van der Waals surface area contributed by atoms with Gasteiger partial charge in [-0.1, -0.05) is 48.5 Å². The monoisotopic (exact) mass is 496 g/mol. The number of carbonyl (C=O) groups excluding carboxylic acids is 1. The lowest BCUT2D eigenvalue weighted by Crippen LogP contribution is -2.39. The molecule has 1 amide bonds. The molecule has 0 saturated carbocycles. The summed E-state index contributed by atoms with van der Waals surface area (Å²) in [7, 11) is -2.78. The number of hydrogen-bond donors (Lipinski definition) is 1. The number of para-hydroxylation sites is 1. The zero-order valence-electron chi connectivity index (χ0n) is 19.1. The maximum absolute atomic E-state index is 13.6. The lowest BCUT2D eigenvalue weighted by Gasteiger charge is -2.23. The SMILES string of the molecule is COc1ccc(C)cc1S(=O)(=O)N(CC(=O)N/N=C/c1ccccc1[N+](=O)[O-])Cc1ccccc1. The summed E-state index contributed by atoms with van der Waals surface area (Å²) in [6, 6.07) is 19.5. The molecule has 0 radical (unpaired) electrons. The van der Waals surface area contributed by atoms with E-state index in [0.29, 0.717) is 11.1 Å². The molecule has 0 fully saturated rings. The molecule has 0 bridgehead atoms. The van der Waals surface area contributed by atoms with Crippen molar-refractivity contribution in [1.29, 1.82) is 0 Å². The molecule has 3 rings (SSSR count). The summed E-state index contributed by atoms with van der Waals surface area (Å²) in [6.45, 7) is 1.15. The molecule has 0 aromatic heterocycles. The van der Waals surface area contributed by atoms with E-state index < -0.39 is 27.4 Å². The maximum Gasteiger partial charge on any atom is 0.278 e. The molecule has 3 aromatic carbocycles. The van der Waals surface area contributed by atoms with Gasteiger partial charge in [0.05, 0.1) is 30.4 Å². The largest absolute Gasteiger partial charge is 0.495 e. The number of nitrogens with zero attached hydrogens (tertiary/aromatic N) is 3. The van der Waals surface area contributed by atoms with Gasteiger partial charge in [-0.2, -0.15) is 9.41 Å². The standard InChI is InChI=1S/C24H24N4O6S/c1-18-12-13-22(34-2)23(14-18)35(32,33)27(16-19-8-4-3-5-9-19)17-24(29)26-25-15-20-10-6-7-11-21(20)28(30)31/h3-15H,16-17H2,1-2H3,(H,26,29)/b25-15+. The number of aryl methyl sites for hydroxylation is 1. The Bertz CT molecular complexity index is 1340. The van der Waals surface area contributed by atoms with Crippen LogP contribution >= 0.6 is 0 Å². The predicted octanol–water partition coefficient (Wildman–Crippen LogP) is 3.25. The first kappa shape index (κ1) is 25.5. The Morgan fingerprint density at radius 1 is 1.11 bits per heavy atom. The van der Waals surface area contributed by atoms with Crippen LogP contribution < -0.4 is 10.2 Å². The average Bonchev–Trinajstić information content (AvgIpc) is 2.84. The highest BCUT2D eigenvalue weighted by Gasteiger charge is 2.30. The van der Waals surface area contributed by atoms with E-state index in [1.165, 1.54) is 31.4 Å². The van der Waals surface area contributed by atoms with Crippen LogP contribution in [0.3, 0.4) is 0 Å². The van der Waals surface area contributed by atoms with Crippen LogP contribution in [-0.2, 0) is 21.4 Å². The van der Waals surface area contributed by atoms with E-state index in [9.17, 15) is 23.3 Å². The van der Waals surface area contributed by atoms with Gasteiger partial charge in [0.15, 0.2) is 0 Å². The molecule has 11 heteroatoms. The minimum absolute atomic E-state index is 0.0628. The van der Waals surface area contributed by atoms with E-state index in [-0.39, 0.29) is 28.4 Å². The first-order chi connectivity index (χ1) is 16.7. The Kier molecular flexibility index (Phi) is 8.29. The fourth-order valence-electron chi connectivity index (χ4n) is 3.27. The number of ether oxygens (including phenoxy) is 1.